The summed E-state index contributed by atoms with van der Waals surface area (Å²) in [4.78, 5) is 19.2. The highest BCUT2D eigenvalue weighted by atomic mass is 32.1. The summed E-state index contributed by atoms with van der Waals surface area (Å²) in [5.41, 5.74) is 4.82. The van der Waals surface area contributed by atoms with Gasteiger partial charge in [0.2, 0.25) is 5.89 Å². The second-order valence-corrected chi connectivity index (χ2v) is 7.60. The zero-order chi connectivity index (χ0) is 22.5. The van der Waals surface area contributed by atoms with E-state index in [1.807, 2.05) is 60.7 Å². The maximum atomic E-state index is 12.5. The minimum atomic E-state index is -0.253. The number of carbonyl (C=O) groups excluding carboxylic acids is 1. The molecular formula is C25H24N4O2S. The summed E-state index contributed by atoms with van der Waals surface area (Å²) in [5, 5.41) is 5.99. The lowest BCUT2D eigenvalue weighted by molar-refractivity contribution is 0.0977. The van der Waals surface area contributed by atoms with Crippen LogP contribution in [0.5, 0.6) is 0 Å². The van der Waals surface area contributed by atoms with E-state index in [0.717, 1.165) is 41.1 Å². The number of benzene rings is 3. The van der Waals surface area contributed by atoms with E-state index in [-0.39, 0.29) is 11.0 Å². The molecule has 0 atom stereocenters. The molecule has 0 fully saturated rings. The molecule has 0 unspecified atom stereocenters. The molecule has 6 nitrogen and oxygen atoms in total. The van der Waals surface area contributed by atoms with Gasteiger partial charge in [0.1, 0.15) is 5.52 Å². The van der Waals surface area contributed by atoms with Crippen LogP contribution in [0.4, 0.5) is 11.4 Å². The topological polar surface area (TPSA) is 70.4 Å². The first-order chi connectivity index (χ1) is 15.6. The molecule has 0 aliphatic rings. The van der Waals surface area contributed by atoms with Gasteiger partial charge in [-0.3, -0.25) is 10.1 Å². The van der Waals surface area contributed by atoms with Crippen molar-refractivity contribution in [1.82, 2.24) is 10.3 Å². The van der Waals surface area contributed by atoms with Crippen LogP contribution < -0.4 is 15.5 Å². The van der Waals surface area contributed by atoms with Gasteiger partial charge < -0.3 is 14.6 Å². The van der Waals surface area contributed by atoms with Crippen molar-refractivity contribution in [3.05, 3.63) is 78.4 Å². The summed E-state index contributed by atoms with van der Waals surface area (Å²) >= 11 is 5.30. The molecule has 7 heteroatoms. The Hall–Kier alpha value is -3.71. The maximum absolute atomic E-state index is 12.5. The average Bonchev–Trinajstić information content (AvgIpc) is 3.25. The van der Waals surface area contributed by atoms with E-state index in [9.17, 15) is 4.79 Å². The molecule has 3 aromatic carbocycles. The zero-order valence-electron chi connectivity index (χ0n) is 18.0. The first-order valence-corrected chi connectivity index (χ1v) is 10.9. The lowest BCUT2D eigenvalue weighted by Crippen LogP contribution is -2.34. The van der Waals surface area contributed by atoms with Crippen LogP contribution in [0.2, 0.25) is 0 Å². The van der Waals surface area contributed by atoms with Crippen LogP contribution in [0.25, 0.3) is 22.6 Å². The number of nitrogens with one attached hydrogen (secondary N) is 2. The molecule has 0 bridgehead atoms. The SMILES string of the molecule is CCN(CC)c1ccc(C(=O)NC(=S)Nc2ccc(-c3nc4ccccc4o3)cc2)cc1. The average molecular weight is 445 g/mol. The third-order valence-corrected chi connectivity index (χ3v) is 5.37. The molecule has 1 heterocycles. The van der Waals surface area contributed by atoms with Gasteiger partial charge in [0.15, 0.2) is 10.7 Å². The van der Waals surface area contributed by atoms with Gasteiger partial charge in [-0.1, -0.05) is 12.1 Å². The summed E-state index contributed by atoms with van der Waals surface area (Å²) in [5.74, 6) is 0.304. The lowest BCUT2D eigenvalue weighted by Gasteiger charge is -2.21. The van der Waals surface area contributed by atoms with Crippen molar-refractivity contribution in [2.24, 2.45) is 0 Å². The molecule has 0 aliphatic heterocycles. The van der Waals surface area contributed by atoms with Crippen molar-refractivity contribution >= 4 is 45.7 Å². The molecule has 4 rings (SSSR count). The number of hydrogen-bond donors (Lipinski definition) is 2. The Bertz CT molecular complexity index is 1200. The van der Waals surface area contributed by atoms with Crippen LogP contribution in [0.15, 0.2) is 77.2 Å². The number of aromatic nitrogens is 1. The van der Waals surface area contributed by atoms with E-state index < -0.39 is 0 Å². The standard InChI is InChI=1S/C25H24N4O2S/c1-3-29(4-2)20-15-11-17(12-16-20)23(30)28-25(32)26-19-13-9-18(10-14-19)24-27-21-7-5-6-8-22(21)31-24/h5-16H,3-4H2,1-2H3,(H2,26,28,30,32). The second-order valence-electron chi connectivity index (χ2n) is 7.19. The summed E-state index contributed by atoms with van der Waals surface area (Å²) in [7, 11) is 0. The van der Waals surface area contributed by atoms with Gasteiger partial charge in [-0.2, -0.15) is 0 Å². The number of rotatable bonds is 6. The fraction of sp³-hybridized carbons (Fsp3) is 0.160. The van der Waals surface area contributed by atoms with Gasteiger partial charge in [-0.15, -0.1) is 0 Å². The Morgan fingerprint density at radius 1 is 0.969 bits per heavy atom. The van der Waals surface area contributed by atoms with E-state index in [2.05, 4.69) is 34.4 Å². The quantitative estimate of drug-likeness (QED) is 0.385. The Morgan fingerprint density at radius 2 is 1.66 bits per heavy atom. The number of anilines is 2. The van der Waals surface area contributed by atoms with Crippen LogP contribution in [0, 0.1) is 0 Å². The minimum absolute atomic E-state index is 0.234. The van der Waals surface area contributed by atoms with Gasteiger partial charge in [-0.25, -0.2) is 4.98 Å². The Morgan fingerprint density at radius 3 is 2.31 bits per heavy atom. The van der Waals surface area contributed by atoms with Crippen molar-refractivity contribution < 1.29 is 9.21 Å². The van der Waals surface area contributed by atoms with Crippen LogP contribution in [0.3, 0.4) is 0 Å². The van der Waals surface area contributed by atoms with Crippen LogP contribution in [-0.4, -0.2) is 29.1 Å². The molecule has 32 heavy (non-hydrogen) atoms. The Balaban J connectivity index is 1.37. The smallest absolute Gasteiger partial charge is 0.257 e. The van der Waals surface area contributed by atoms with Crippen molar-refractivity contribution in [2.75, 3.05) is 23.3 Å². The molecule has 162 valence electrons. The van der Waals surface area contributed by atoms with Gasteiger partial charge in [-0.05, 0) is 86.7 Å². The van der Waals surface area contributed by atoms with Gasteiger partial charge in [0.05, 0.1) is 0 Å². The molecule has 0 radical (unpaired) electrons. The second kappa shape index (κ2) is 9.62. The molecule has 4 aromatic rings. The van der Waals surface area contributed by atoms with Crippen molar-refractivity contribution in [1.29, 1.82) is 0 Å². The van der Waals surface area contributed by atoms with Crippen molar-refractivity contribution in [2.45, 2.75) is 13.8 Å². The molecule has 0 saturated heterocycles. The van der Waals surface area contributed by atoms with Crippen LogP contribution >= 0.6 is 12.2 Å². The Labute approximate surface area is 192 Å². The van der Waals surface area contributed by atoms with E-state index >= 15 is 0 Å². The molecule has 0 saturated carbocycles. The highest BCUT2D eigenvalue weighted by molar-refractivity contribution is 7.80. The molecule has 1 aromatic heterocycles. The molecular weight excluding hydrogens is 420 g/mol. The van der Waals surface area contributed by atoms with Gasteiger partial charge in [0.25, 0.3) is 5.91 Å². The number of nitrogens with zero attached hydrogens (tertiary/aromatic N) is 2. The fourth-order valence-electron chi connectivity index (χ4n) is 3.44. The first kappa shape index (κ1) is 21.5. The number of hydrogen-bond acceptors (Lipinski definition) is 5. The normalized spacial score (nSPS) is 10.7. The van der Waals surface area contributed by atoms with E-state index in [1.165, 1.54) is 0 Å². The molecule has 0 spiro atoms. The van der Waals surface area contributed by atoms with E-state index in [1.54, 1.807) is 12.1 Å². The summed E-state index contributed by atoms with van der Waals surface area (Å²) in [6, 6.07) is 22.7. The molecule has 2 N–H and O–H groups in total. The largest absolute Gasteiger partial charge is 0.436 e. The number of oxazole rings is 1. The third-order valence-electron chi connectivity index (χ3n) is 5.17. The van der Waals surface area contributed by atoms with Gasteiger partial charge in [0, 0.05) is 35.6 Å². The monoisotopic (exact) mass is 444 g/mol. The van der Waals surface area contributed by atoms with Crippen molar-refractivity contribution in [3.63, 3.8) is 0 Å². The predicted molar refractivity (Wildman–Crippen MR) is 133 cm³/mol. The summed E-state index contributed by atoms with van der Waals surface area (Å²) in [6.07, 6.45) is 0. The third kappa shape index (κ3) is 4.78. The maximum Gasteiger partial charge on any atom is 0.257 e. The highest BCUT2D eigenvalue weighted by Crippen LogP contribution is 2.25. The lowest BCUT2D eigenvalue weighted by atomic mass is 10.2. The minimum Gasteiger partial charge on any atom is -0.436 e. The van der Waals surface area contributed by atoms with Crippen molar-refractivity contribution in [3.8, 4) is 11.5 Å². The van der Waals surface area contributed by atoms with E-state index in [0.29, 0.717) is 11.5 Å². The number of para-hydroxylation sites is 2. The van der Waals surface area contributed by atoms with Crippen LogP contribution in [-0.2, 0) is 0 Å². The zero-order valence-corrected chi connectivity index (χ0v) is 18.8. The fourth-order valence-corrected chi connectivity index (χ4v) is 3.65. The summed E-state index contributed by atoms with van der Waals surface area (Å²) in [6.45, 7) is 6.05. The number of carbonyl (C=O) groups is 1. The number of amides is 1. The van der Waals surface area contributed by atoms with Gasteiger partial charge >= 0.3 is 0 Å². The highest BCUT2D eigenvalue weighted by Gasteiger charge is 2.11. The predicted octanol–water partition coefficient (Wildman–Crippen LogP) is 5.47. The summed E-state index contributed by atoms with van der Waals surface area (Å²) < 4.78 is 5.80. The Kier molecular flexibility index (Phi) is 6.47. The van der Waals surface area contributed by atoms with E-state index in [4.69, 9.17) is 16.6 Å². The molecule has 1 amide bonds. The number of thiocarbonyl (C=S) groups is 1. The molecule has 0 aliphatic carbocycles. The number of fused-ring (bicyclic) bond motifs is 1. The first-order valence-electron chi connectivity index (χ1n) is 10.5. The van der Waals surface area contributed by atoms with Crippen LogP contribution in [0.1, 0.15) is 24.2 Å².